The van der Waals surface area contributed by atoms with E-state index in [1.807, 2.05) is 13.8 Å². The topological polar surface area (TPSA) is 66.5 Å². The SMILES string of the molecule is CCC(CC)NC(=O)c1ccc(C)c(S(=O)(=O)N(CC)CC)c1. The Morgan fingerprint density at radius 3 is 2.17 bits per heavy atom. The molecule has 0 saturated heterocycles. The summed E-state index contributed by atoms with van der Waals surface area (Å²) >= 11 is 0. The number of sulfonamides is 1. The number of carbonyl (C=O) groups excluding carboxylic acids is 1. The minimum atomic E-state index is -3.57. The number of rotatable bonds is 8. The molecular formula is C17H28N2O3S. The molecule has 0 aliphatic heterocycles. The highest BCUT2D eigenvalue weighted by Gasteiger charge is 2.24. The van der Waals surface area contributed by atoms with Gasteiger partial charge < -0.3 is 5.32 Å². The third-order valence-corrected chi connectivity index (χ3v) is 6.29. The van der Waals surface area contributed by atoms with E-state index in [2.05, 4.69) is 5.32 Å². The van der Waals surface area contributed by atoms with Crippen LogP contribution in [0.1, 0.15) is 56.5 Å². The van der Waals surface area contributed by atoms with E-state index < -0.39 is 10.0 Å². The zero-order valence-corrected chi connectivity index (χ0v) is 15.5. The molecule has 0 atom stereocenters. The van der Waals surface area contributed by atoms with Crippen molar-refractivity contribution >= 4 is 15.9 Å². The van der Waals surface area contributed by atoms with E-state index in [4.69, 9.17) is 0 Å². The van der Waals surface area contributed by atoms with Gasteiger partial charge in [-0.05, 0) is 37.5 Å². The van der Waals surface area contributed by atoms with Gasteiger partial charge in [-0.1, -0.05) is 33.8 Å². The number of hydrogen-bond donors (Lipinski definition) is 1. The van der Waals surface area contributed by atoms with Crippen LogP contribution in [0.5, 0.6) is 0 Å². The van der Waals surface area contributed by atoms with Crippen LogP contribution in [0.2, 0.25) is 0 Å². The number of carbonyl (C=O) groups is 1. The summed E-state index contributed by atoms with van der Waals surface area (Å²) < 4.78 is 26.8. The molecule has 130 valence electrons. The van der Waals surface area contributed by atoms with E-state index in [1.54, 1.807) is 32.9 Å². The second-order valence-electron chi connectivity index (χ2n) is 5.56. The van der Waals surface area contributed by atoms with E-state index in [1.165, 1.54) is 10.4 Å². The summed E-state index contributed by atoms with van der Waals surface area (Å²) in [4.78, 5) is 12.6. The van der Waals surface area contributed by atoms with Gasteiger partial charge in [0.15, 0.2) is 0 Å². The van der Waals surface area contributed by atoms with Gasteiger partial charge in [0.1, 0.15) is 0 Å². The lowest BCUT2D eigenvalue weighted by Gasteiger charge is -2.20. The molecule has 0 saturated carbocycles. The monoisotopic (exact) mass is 340 g/mol. The fourth-order valence-electron chi connectivity index (χ4n) is 2.48. The summed E-state index contributed by atoms with van der Waals surface area (Å²) in [6, 6.07) is 4.96. The van der Waals surface area contributed by atoms with Gasteiger partial charge in [-0.2, -0.15) is 4.31 Å². The van der Waals surface area contributed by atoms with Gasteiger partial charge in [-0.15, -0.1) is 0 Å². The first-order valence-electron chi connectivity index (χ1n) is 8.23. The van der Waals surface area contributed by atoms with Crippen LogP contribution in [-0.2, 0) is 10.0 Å². The lowest BCUT2D eigenvalue weighted by molar-refractivity contribution is 0.0934. The number of hydrogen-bond acceptors (Lipinski definition) is 3. The maximum Gasteiger partial charge on any atom is 0.251 e. The van der Waals surface area contributed by atoms with E-state index >= 15 is 0 Å². The molecular weight excluding hydrogens is 312 g/mol. The molecule has 0 fully saturated rings. The number of benzene rings is 1. The first kappa shape index (κ1) is 19.6. The van der Waals surface area contributed by atoms with Crippen LogP contribution in [0.4, 0.5) is 0 Å². The molecule has 0 aliphatic rings. The predicted molar refractivity (Wildman–Crippen MR) is 93.1 cm³/mol. The molecule has 0 unspecified atom stereocenters. The Bertz CT molecular complexity index is 633. The van der Waals surface area contributed by atoms with Gasteiger partial charge in [0, 0.05) is 24.7 Å². The molecule has 1 rings (SSSR count). The fraction of sp³-hybridized carbons (Fsp3) is 0.588. The van der Waals surface area contributed by atoms with Gasteiger partial charge in [0.05, 0.1) is 4.90 Å². The highest BCUT2D eigenvalue weighted by molar-refractivity contribution is 7.89. The maximum atomic E-state index is 12.7. The van der Waals surface area contributed by atoms with Crippen LogP contribution < -0.4 is 5.32 Å². The van der Waals surface area contributed by atoms with Crippen LogP contribution in [-0.4, -0.2) is 37.8 Å². The van der Waals surface area contributed by atoms with Crippen molar-refractivity contribution in [1.82, 2.24) is 9.62 Å². The van der Waals surface area contributed by atoms with Gasteiger partial charge in [0.25, 0.3) is 5.91 Å². The Kier molecular flexibility index (Phi) is 7.22. The highest BCUT2D eigenvalue weighted by atomic mass is 32.2. The lowest BCUT2D eigenvalue weighted by Crippen LogP contribution is -2.34. The van der Waals surface area contributed by atoms with Gasteiger partial charge >= 0.3 is 0 Å². The van der Waals surface area contributed by atoms with Crippen molar-refractivity contribution in [1.29, 1.82) is 0 Å². The number of nitrogens with one attached hydrogen (secondary N) is 1. The van der Waals surface area contributed by atoms with Crippen molar-refractivity contribution in [3.63, 3.8) is 0 Å². The van der Waals surface area contributed by atoms with Crippen molar-refractivity contribution in [2.75, 3.05) is 13.1 Å². The normalized spacial score (nSPS) is 12.0. The van der Waals surface area contributed by atoms with Crippen molar-refractivity contribution in [3.8, 4) is 0 Å². The second-order valence-corrected chi connectivity index (χ2v) is 7.46. The van der Waals surface area contributed by atoms with E-state index in [0.717, 1.165) is 12.8 Å². The summed E-state index contributed by atoms with van der Waals surface area (Å²) in [6.07, 6.45) is 1.69. The summed E-state index contributed by atoms with van der Waals surface area (Å²) in [7, 11) is -3.57. The third-order valence-electron chi connectivity index (χ3n) is 4.09. The summed E-state index contributed by atoms with van der Waals surface area (Å²) in [5.41, 5.74) is 1.03. The molecule has 0 bridgehead atoms. The molecule has 1 aromatic carbocycles. The fourth-order valence-corrected chi connectivity index (χ4v) is 4.19. The molecule has 23 heavy (non-hydrogen) atoms. The minimum Gasteiger partial charge on any atom is -0.349 e. The molecule has 1 N–H and O–H groups in total. The summed E-state index contributed by atoms with van der Waals surface area (Å²) in [5.74, 6) is -0.227. The Balaban J connectivity index is 3.21. The molecule has 0 aliphatic carbocycles. The average molecular weight is 340 g/mol. The zero-order valence-electron chi connectivity index (χ0n) is 14.7. The first-order chi connectivity index (χ1) is 10.8. The largest absolute Gasteiger partial charge is 0.349 e. The Hall–Kier alpha value is -1.40. The van der Waals surface area contributed by atoms with E-state index in [9.17, 15) is 13.2 Å². The quantitative estimate of drug-likeness (QED) is 0.791. The summed E-state index contributed by atoms with van der Waals surface area (Å²) in [5, 5.41) is 2.94. The molecule has 5 nitrogen and oxygen atoms in total. The Morgan fingerprint density at radius 1 is 1.13 bits per heavy atom. The number of nitrogens with zero attached hydrogens (tertiary/aromatic N) is 1. The van der Waals surface area contributed by atoms with Crippen molar-refractivity contribution < 1.29 is 13.2 Å². The second kappa shape index (κ2) is 8.45. The van der Waals surface area contributed by atoms with Gasteiger partial charge in [-0.3, -0.25) is 4.79 Å². The van der Waals surface area contributed by atoms with Crippen LogP contribution in [0.3, 0.4) is 0 Å². The predicted octanol–water partition coefficient (Wildman–Crippen LogP) is 2.94. The van der Waals surface area contributed by atoms with Crippen molar-refractivity contribution in [3.05, 3.63) is 29.3 Å². The van der Waals surface area contributed by atoms with Crippen LogP contribution >= 0.6 is 0 Å². The lowest BCUT2D eigenvalue weighted by atomic mass is 10.1. The maximum absolute atomic E-state index is 12.7. The van der Waals surface area contributed by atoms with Crippen LogP contribution in [0.25, 0.3) is 0 Å². The molecule has 1 aromatic rings. The first-order valence-corrected chi connectivity index (χ1v) is 9.67. The van der Waals surface area contributed by atoms with Gasteiger partial charge in [0.2, 0.25) is 10.0 Å². The molecule has 0 radical (unpaired) electrons. The molecule has 6 heteroatoms. The van der Waals surface area contributed by atoms with Crippen molar-refractivity contribution in [2.24, 2.45) is 0 Å². The number of aryl methyl sites for hydroxylation is 1. The molecule has 0 heterocycles. The number of amides is 1. The average Bonchev–Trinajstić information content (AvgIpc) is 2.53. The standard InChI is InChI=1S/C17H28N2O3S/c1-6-15(7-2)18-17(20)14-11-10-13(5)16(12-14)23(21,22)19(8-3)9-4/h10-12,15H,6-9H2,1-5H3,(H,18,20). The highest BCUT2D eigenvalue weighted by Crippen LogP contribution is 2.21. The minimum absolute atomic E-state index is 0.103. The van der Waals surface area contributed by atoms with Crippen LogP contribution in [0.15, 0.2) is 23.1 Å². The van der Waals surface area contributed by atoms with E-state index in [0.29, 0.717) is 24.2 Å². The third kappa shape index (κ3) is 4.54. The summed E-state index contributed by atoms with van der Waals surface area (Å²) in [6.45, 7) is 10.2. The molecule has 1 amide bonds. The smallest absolute Gasteiger partial charge is 0.251 e. The van der Waals surface area contributed by atoms with Crippen LogP contribution in [0, 0.1) is 6.92 Å². The van der Waals surface area contributed by atoms with Crippen molar-refractivity contribution in [2.45, 2.75) is 58.4 Å². The molecule has 0 spiro atoms. The van der Waals surface area contributed by atoms with E-state index in [-0.39, 0.29) is 16.8 Å². The molecule has 0 aromatic heterocycles. The van der Waals surface area contributed by atoms with Gasteiger partial charge in [-0.25, -0.2) is 8.42 Å². The Labute approximate surface area is 140 Å². The Morgan fingerprint density at radius 2 is 1.70 bits per heavy atom. The zero-order chi connectivity index (χ0) is 17.6.